The summed E-state index contributed by atoms with van der Waals surface area (Å²) in [7, 11) is 8.00. The fourth-order valence-corrected chi connectivity index (χ4v) is 12.2. The van der Waals surface area contributed by atoms with E-state index in [9.17, 15) is 39.0 Å². The van der Waals surface area contributed by atoms with E-state index in [1.54, 1.807) is 24.0 Å². The first-order valence-electron chi connectivity index (χ1n) is 21.3. The van der Waals surface area contributed by atoms with Crippen molar-refractivity contribution in [3.63, 3.8) is 0 Å². The average molecular weight is 989 g/mol. The molecule has 388 valence electrons. The summed E-state index contributed by atoms with van der Waals surface area (Å²) in [6.45, 7) is 2.26. The Morgan fingerprint density at radius 1 is 0.623 bits per heavy atom. The summed E-state index contributed by atoms with van der Waals surface area (Å²) in [5, 5.41) is 68.3. The second-order valence-electron chi connectivity index (χ2n) is 18.0. The van der Waals surface area contributed by atoms with Crippen LogP contribution in [0.1, 0.15) is 60.8 Å². The molecule has 18 N–H and O–H groups in total. The van der Waals surface area contributed by atoms with Gasteiger partial charge in [0.25, 0.3) is 0 Å². The zero-order valence-electron chi connectivity index (χ0n) is 38.2. The van der Waals surface area contributed by atoms with Crippen molar-refractivity contribution < 1.29 is 126 Å². The number of carboxylic acids is 4. The van der Waals surface area contributed by atoms with Gasteiger partial charge in [0.2, 0.25) is 0 Å². The highest BCUT2D eigenvalue weighted by atomic mass is 16.5. The summed E-state index contributed by atoms with van der Waals surface area (Å²) in [4.78, 5) is 67.3. The molecular weight excluding hydrogens is 924 g/mol. The van der Waals surface area contributed by atoms with Gasteiger partial charge >= 0.3 is 11.9 Å². The van der Waals surface area contributed by atoms with Gasteiger partial charge in [-0.1, -0.05) is 12.1 Å². The van der Waals surface area contributed by atoms with Crippen molar-refractivity contribution in [1.29, 1.82) is 0 Å². The van der Waals surface area contributed by atoms with Crippen LogP contribution in [0.15, 0.2) is 24.3 Å². The number of hydrogen-bond donors (Lipinski definition) is 8. The van der Waals surface area contributed by atoms with E-state index >= 15 is 0 Å². The fourth-order valence-electron chi connectivity index (χ4n) is 12.2. The number of nitrogens with one attached hydrogen (secondary N) is 2. The van der Waals surface area contributed by atoms with Gasteiger partial charge in [0, 0.05) is 61.5 Å². The largest absolute Gasteiger partial charge is 0.547 e. The van der Waals surface area contributed by atoms with Crippen LogP contribution in [0.2, 0.25) is 0 Å². The van der Waals surface area contributed by atoms with Crippen LogP contribution in [0.5, 0.6) is 23.0 Å². The summed E-state index contributed by atoms with van der Waals surface area (Å²) < 4.78 is 23.6. The fraction of sp³-hybridized carbons (Fsp3) is 0.591. The lowest BCUT2D eigenvalue weighted by atomic mass is 9.52. The SMILES string of the molecule is COc1ccc2c3c1OC1C(=O)CC[C@H]4[C@@H](C2)[NH+](C)CC[C@]314.COc1ccc2c3c1OC1C(=O)CC[C@H]4[C@@H](C2)[NH+](C)CC[C@]314.O.O.O.O.O.O=C([O-])[C@H](O)[C@@H](O)C(=O)O.O=C([O-])[C@H](O)[C@@H](O)C(=O)O. The third kappa shape index (κ3) is 9.56. The van der Waals surface area contributed by atoms with Gasteiger partial charge in [0.1, 0.15) is 12.2 Å². The van der Waals surface area contributed by atoms with Crippen molar-refractivity contribution in [1.82, 2.24) is 0 Å². The van der Waals surface area contributed by atoms with E-state index in [1.807, 2.05) is 12.1 Å². The molecule has 0 aromatic heterocycles. The molecule has 4 aliphatic heterocycles. The molecule has 2 saturated heterocycles. The number of carbonyl (C=O) groups excluding carboxylic acids is 4. The molecule has 4 aliphatic carbocycles. The molecule has 69 heavy (non-hydrogen) atoms. The number of likely N-dealkylation sites (N-methyl/N-ethyl adjacent to an activating group) is 2. The Hall–Kier alpha value is -5.58. The van der Waals surface area contributed by atoms with E-state index in [2.05, 4.69) is 26.2 Å². The molecule has 0 radical (unpaired) electrons. The second-order valence-corrected chi connectivity index (χ2v) is 18.0. The van der Waals surface area contributed by atoms with Gasteiger partial charge in [0.15, 0.2) is 59.0 Å². The number of ether oxygens (including phenoxy) is 4. The van der Waals surface area contributed by atoms with E-state index in [0.29, 0.717) is 48.3 Å². The number of piperidine rings is 2. The summed E-state index contributed by atoms with van der Waals surface area (Å²) in [5.74, 6) is -2.61. The quantitative estimate of drug-likeness (QED) is 0.122. The summed E-state index contributed by atoms with van der Waals surface area (Å²) in [6, 6.07) is 9.67. The van der Waals surface area contributed by atoms with Crippen molar-refractivity contribution >= 4 is 35.4 Å². The number of benzene rings is 2. The van der Waals surface area contributed by atoms with Crippen molar-refractivity contribution in [3.05, 3.63) is 46.5 Å². The maximum atomic E-state index is 12.6. The molecule has 8 aliphatic rings. The van der Waals surface area contributed by atoms with Gasteiger partial charge in [0.05, 0.1) is 76.3 Å². The first kappa shape index (κ1) is 59.5. The van der Waals surface area contributed by atoms with Crippen LogP contribution >= 0.6 is 0 Å². The molecule has 10 rings (SSSR count). The molecule has 4 bridgehead atoms. The number of hydrogen-bond acceptors (Lipinski definition) is 16. The zero-order valence-corrected chi connectivity index (χ0v) is 38.2. The molecule has 25 nitrogen and oxygen atoms in total. The lowest BCUT2D eigenvalue weighted by Gasteiger charge is -2.54. The Balaban J connectivity index is 0.000000329. The molecule has 2 saturated carbocycles. The van der Waals surface area contributed by atoms with E-state index in [4.69, 9.17) is 49.6 Å². The third-order valence-electron chi connectivity index (χ3n) is 15.1. The van der Waals surface area contributed by atoms with Gasteiger partial charge < -0.3 is 107 Å². The van der Waals surface area contributed by atoms with Crippen molar-refractivity contribution in [3.8, 4) is 23.0 Å². The molecule has 2 aromatic rings. The van der Waals surface area contributed by atoms with Crippen molar-refractivity contribution in [2.24, 2.45) is 11.8 Å². The molecule has 14 atom stereocenters. The van der Waals surface area contributed by atoms with Crippen molar-refractivity contribution in [2.75, 3.05) is 41.4 Å². The Morgan fingerprint density at radius 2 is 0.957 bits per heavy atom. The molecule has 2 aromatic carbocycles. The molecular formula is C44H64N2O23. The number of likely N-dealkylation sites (tertiary alicyclic amines) is 2. The van der Waals surface area contributed by atoms with Crippen LogP contribution in [-0.2, 0) is 52.4 Å². The highest BCUT2D eigenvalue weighted by molar-refractivity contribution is 5.90. The van der Waals surface area contributed by atoms with E-state index in [1.165, 1.54) is 22.3 Å². The van der Waals surface area contributed by atoms with Crippen LogP contribution in [0.25, 0.3) is 0 Å². The zero-order chi connectivity index (χ0) is 46.7. The minimum Gasteiger partial charge on any atom is -0.547 e. The van der Waals surface area contributed by atoms with Gasteiger partial charge in [-0.25, -0.2) is 9.59 Å². The lowest BCUT2D eigenvalue weighted by molar-refractivity contribution is -0.919. The first-order chi connectivity index (χ1) is 30.3. The molecule has 25 heteroatoms. The first-order valence-corrected chi connectivity index (χ1v) is 21.3. The third-order valence-corrected chi connectivity index (χ3v) is 15.1. The number of carbonyl (C=O) groups is 6. The van der Waals surface area contributed by atoms with E-state index < -0.39 is 48.3 Å². The van der Waals surface area contributed by atoms with Crippen LogP contribution in [-0.4, -0.2) is 184 Å². The van der Waals surface area contributed by atoms with Gasteiger partial charge in [-0.05, 0) is 36.1 Å². The van der Waals surface area contributed by atoms with Gasteiger partial charge in [-0.3, -0.25) is 9.59 Å². The predicted octanol–water partition coefficient (Wildman–Crippen LogP) is -10.0. The van der Waals surface area contributed by atoms with E-state index in [-0.39, 0.29) is 50.4 Å². The van der Waals surface area contributed by atoms with Gasteiger partial charge in [-0.2, -0.15) is 0 Å². The Kier molecular flexibility index (Phi) is 19.4. The number of aliphatic hydroxyl groups excluding tert-OH is 4. The molecule has 4 fully saturated rings. The Bertz CT molecular complexity index is 2050. The normalized spacial score (nSPS) is 30.7. The lowest BCUT2D eigenvalue weighted by Crippen LogP contribution is -3.16. The smallest absolute Gasteiger partial charge is 0.335 e. The highest BCUT2D eigenvalue weighted by Gasteiger charge is 2.68. The number of methoxy groups -OCH3 is 2. The number of ketones is 2. The number of Topliss-reactive ketones (excluding diaryl/α,β-unsaturated/α-hetero) is 2. The predicted molar refractivity (Wildman–Crippen MR) is 229 cm³/mol. The maximum Gasteiger partial charge on any atom is 0.335 e. The standard InChI is InChI=1S/2C18H21NO3.2C4H6O6.5H2O/c2*1-19-8-7-18-11-4-5-13(20)17(18)22-16-14(21-2)6-3-10(15(16)18)9-12(11)19;2*5-1(3(7)8)2(6)4(9)10;;;;;/h2*3,6,11-12,17H,4-5,7-9H2,1-2H3;2*1-2,5-6H,(H,7,8)(H,9,10);5*1H2/t2*11-,12+,17?,18-;2*1-,2-;;;;;/m0011...../s1. The summed E-state index contributed by atoms with van der Waals surface area (Å²) >= 11 is 0. The molecule has 4 heterocycles. The Morgan fingerprint density at radius 3 is 1.23 bits per heavy atom. The number of aliphatic carboxylic acids is 4. The van der Waals surface area contributed by atoms with Gasteiger partial charge in [-0.15, -0.1) is 0 Å². The monoisotopic (exact) mass is 988 g/mol. The molecule has 2 spiro atoms. The maximum absolute atomic E-state index is 12.6. The second kappa shape index (κ2) is 22.4. The Labute approximate surface area is 394 Å². The molecule has 4 unspecified atom stereocenters. The van der Waals surface area contributed by atoms with Crippen LogP contribution in [0, 0.1) is 11.8 Å². The summed E-state index contributed by atoms with van der Waals surface area (Å²) in [5.41, 5.74) is 5.26. The number of rotatable bonds is 8. The highest BCUT2D eigenvalue weighted by Crippen LogP contribution is 2.63. The van der Waals surface area contributed by atoms with Crippen LogP contribution < -0.4 is 39.0 Å². The van der Waals surface area contributed by atoms with Crippen LogP contribution in [0.3, 0.4) is 0 Å². The molecule has 0 amide bonds. The number of quaternary nitrogens is 2. The minimum atomic E-state index is -2.38. The van der Waals surface area contributed by atoms with Crippen molar-refractivity contribution in [2.45, 2.75) is 111 Å². The average Bonchev–Trinajstić information content (AvgIpc) is 3.82. The van der Waals surface area contributed by atoms with E-state index in [0.717, 1.165) is 74.6 Å². The number of aliphatic hydroxyl groups is 4. The minimum absolute atomic E-state index is 0. The summed E-state index contributed by atoms with van der Waals surface area (Å²) in [6.07, 6.45) is -2.23. The number of carboxylic acid groups (broad SMARTS) is 4. The van der Waals surface area contributed by atoms with Crippen LogP contribution in [0.4, 0.5) is 0 Å². The topological polar surface area (TPSA) is 473 Å².